The average molecular weight is 260 g/mol. The summed E-state index contributed by atoms with van der Waals surface area (Å²) in [6, 6.07) is 9.34. The molecule has 0 aliphatic carbocycles. The molecule has 0 bridgehead atoms. The molecule has 0 fully saturated rings. The van der Waals surface area contributed by atoms with Crippen molar-refractivity contribution in [1.29, 1.82) is 0 Å². The highest BCUT2D eigenvalue weighted by Crippen LogP contribution is 2.25. The van der Waals surface area contributed by atoms with Crippen LogP contribution < -0.4 is 5.32 Å². The monoisotopic (exact) mass is 260 g/mol. The molecule has 0 saturated heterocycles. The molecule has 106 valence electrons. The van der Waals surface area contributed by atoms with Gasteiger partial charge in [-0.05, 0) is 44.0 Å². The van der Waals surface area contributed by atoms with Gasteiger partial charge in [0.05, 0.1) is 0 Å². The van der Waals surface area contributed by atoms with Gasteiger partial charge < -0.3 is 10.2 Å². The Morgan fingerprint density at radius 3 is 2.42 bits per heavy atom. The van der Waals surface area contributed by atoms with Gasteiger partial charge in [-0.25, -0.2) is 0 Å². The van der Waals surface area contributed by atoms with E-state index in [0.717, 1.165) is 0 Å². The fraction of sp³-hybridized carbons (Fsp3) is 0.647. The first-order valence-electron chi connectivity index (χ1n) is 7.90. The number of anilines is 1. The summed E-state index contributed by atoms with van der Waals surface area (Å²) in [4.78, 5) is 2.65. The van der Waals surface area contributed by atoms with Gasteiger partial charge in [0.1, 0.15) is 0 Å². The minimum Gasteiger partial charge on any atom is -0.380 e. The molecule has 0 aromatic heterocycles. The van der Waals surface area contributed by atoms with Crippen LogP contribution in [-0.2, 0) is 6.42 Å². The minimum absolute atomic E-state index is 0.603. The molecular weight excluding hydrogens is 232 g/mol. The lowest BCUT2D eigenvalue weighted by Crippen LogP contribution is -2.37. The van der Waals surface area contributed by atoms with E-state index in [1.807, 2.05) is 0 Å². The zero-order chi connectivity index (χ0) is 13.5. The molecule has 1 aliphatic heterocycles. The number of fused-ring (bicyclic) bond motifs is 1. The predicted molar refractivity (Wildman–Crippen MR) is 83.8 cm³/mol. The largest absolute Gasteiger partial charge is 0.380 e. The Balaban J connectivity index is 1.84. The minimum atomic E-state index is 0.603. The first kappa shape index (κ1) is 14.4. The summed E-state index contributed by atoms with van der Waals surface area (Å²) >= 11 is 0. The van der Waals surface area contributed by atoms with Crippen LogP contribution in [0.4, 0.5) is 5.69 Å². The molecule has 0 saturated carbocycles. The van der Waals surface area contributed by atoms with Gasteiger partial charge in [0, 0.05) is 18.3 Å². The Labute approximate surface area is 118 Å². The molecular formula is C17H28N2. The summed E-state index contributed by atoms with van der Waals surface area (Å²) in [7, 11) is 0. The molecule has 1 N–H and O–H groups in total. The van der Waals surface area contributed by atoms with Crippen LogP contribution in [-0.4, -0.2) is 30.6 Å². The van der Waals surface area contributed by atoms with E-state index in [0.29, 0.717) is 6.04 Å². The molecule has 19 heavy (non-hydrogen) atoms. The highest BCUT2D eigenvalue weighted by Gasteiger charge is 2.21. The molecule has 2 rings (SSSR count). The third-order valence-electron chi connectivity index (χ3n) is 3.98. The standard InChI is InChI=1S/C17H28N2/c1-3-5-11-19(12-6-4-2)14-16-13-15-9-7-8-10-17(15)18-16/h7-10,16,18H,3-6,11-14H2,1-2H3. The third-order valence-corrected chi connectivity index (χ3v) is 3.98. The van der Waals surface area contributed by atoms with E-state index in [9.17, 15) is 0 Å². The van der Waals surface area contributed by atoms with Gasteiger partial charge in [0.25, 0.3) is 0 Å². The van der Waals surface area contributed by atoms with Gasteiger partial charge in [-0.3, -0.25) is 0 Å². The van der Waals surface area contributed by atoms with Crippen molar-refractivity contribution in [1.82, 2.24) is 4.90 Å². The highest BCUT2D eigenvalue weighted by atomic mass is 15.2. The second-order valence-electron chi connectivity index (χ2n) is 5.71. The van der Waals surface area contributed by atoms with Gasteiger partial charge in [0.15, 0.2) is 0 Å². The van der Waals surface area contributed by atoms with Crippen molar-refractivity contribution in [2.45, 2.75) is 52.0 Å². The lowest BCUT2D eigenvalue weighted by Gasteiger charge is -2.25. The van der Waals surface area contributed by atoms with Crippen molar-refractivity contribution in [3.63, 3.8) is 0 Å². The molecule has 0 radical (unpaired) electrons. The predicted octanol–water partition coefficient (Wildman–Crippen LogP) is 3.93. The molecule has 1 atom stereocenters. The number of nitrogens with zero attached hydrogens (tertiary/aromatic N) is 1. The van der Waals surface area contributed by atoms with E-state index in [1.165, 1.54) is 63.0 Å². The quantitative estimate of drug-likeness (QED) is 0.762. The van der Waals surface area contributed by atoms with Gasteiger partial charge in [-0.1, -0.05) is 44.9 Å². The van der Waals surface area contributed by atoms with E-state index in [2.05, 4.69) is 48.3 Å². The van der Waals surface area contributed by atoms with Crippen molar-refractivity contribution in [3.05, 3.63) is 29.8 Å². The first-order chi connectivity index (χ1) is 9.33. The van der Waals surface area contributed by atoms with Crippen LogP contribution >= 0.6 is 0 Å². The van der Waals surface area contributed by atoms with Crippen molar-refractivity contribution < 1.29 is 0 Å². The second kappa shape index (κ2) is 7.54. The number of unbranched alkanes of at least 4 members (excludes halogenated alkanes) is 2. The fourth-order valence-corrected chi connectivity index (χ4v) is 2.86. The molecule has 1 heterocycles. The number of nitrogens with one attached hydrogen (secondary N) is 1. The SMILES string of the molecule is CCCCN(CCCC)CC1Cc2ccccc2N1. The highest BCUT2D eigenvalue weighted by molar-refractivity contribution is 5.56. The van der Waals surface area contributed by atoms with E-state index in [1.54, 1.807) is 0 Å². The van der Waals surface area contributed by atoms with Gasteiger partial charge in [-0.2, -0.15) is 0 Å². The Bertz CT molecular complexity index is 342. The first-order valence-corrected chi connectivity index (χ1v) is 7.90. The molecule has 2 nitrogen and oxygen atoms in total. The van der Waals surface area contributed by atoms with E-state index in [-0.39, 0.29) is 0 Å². The van der Waals surface area contributed by atoms with Crippen molar-refractivity contribution in [2.24, 2.45) is 0 Å². The second-order valence-corrected chi connectivity index (χ2v) is 5.71. The van der Waals surface area contributed by atoms with Crippen LogP contribution in [0.5, 0.6) is 0 Å². The summed E-state index contributed by atoms with van der Waals surface area (Å²) in [6.07, 6.45) is 6.42. The maximum atomic E-state index is 3.68. The molecule has 1 aromatic rings. The summed E-state index contributed by atoms with van der Waals surface area (Å²) in [6.45, 7) is 8.26. The Morgan fingerprint density at radius 1 is 1.11 bits per heavy atom. The van der Waals surface area contributed by atoms with Crippen LogP contribution in [0.3, 0.4) is 0 Å². The molecule has 1 aliphatic rings. The average Bonchev–Trinajstić information content (AvgIpc) is 2.84. The number of hydrogen-bond acceptors (Lipinski definition) is 2. The van der Waals surface area contributed by atoms with E-state index in [4.69, 9.17) is 0 Å². The summed E-state index contributed by atoms with van der Waals surface area (Å²) < 4.78 is 0. The maximum Gasteiger partial charge on any atom is 0.0429 e. The smallest absolute Gasteiger partial charge is 0.0429 e. The maximum absolute atomic E-state index is 3.68. The molecule has 2 heteroatoms. The number of para-hydroxylation sites is 1. The normalized spacial score (nSPS) is 17.5. The molecule has 1 aromatic carbocycles. The molecule has 1 unspecified atom stereocenters. The fourth-order valence-electron chi connectivity index (χ4n) is 2.86. The Kier molecular flexibility index (Phi) is 5.71. The Morgan fingerprint density at radius 2 is 1.79 bits per heavy atom. The zero-order valence-corrected chi connectivity index (χ0v) is 12.5. The van der Waals surface area contributed by atoms with Crippen LogP contribution in [0, 0.1) is 0 Å². The number of rotatable bonds is 8. The van der Waals surface area contributed by atoms with Gasteiger partial charge in [0.2, 0.25) is 0 Å². The van der Waals surface area contributed by atoms with E-state index < -0.39 is 0 Å². The zero-order valence-electron chi connectivity index (χ0n) is 12.5. The van der Waals surface area contributed by atoms with Crippen molar-refractivity contribution >= 4 is 5.69 Å². The molecule has 0 amide bonds. The number of hydrogen-bond donors (Lipinski definition) is 1. The van der Waals surface area contributed by atoms with Crippen molar-refractivity contribution in [3.8, 4) is 0 Å². The number of benzene rings is 1. The van der Waals surface area contributed by atoms with Crippen LogP contribution in [0.2, 0.25) is 0 Å². The van der Waals surface area contributed by atoms with Crippen LogP contribution in [0.1, 0.15) is 45.1 Å². The van der Waals surface area contributed by atoms with Crippen molar-refractivity contribution in [2.75, 3.05) is 25.0 Å². The Hall–Kier alpha value is -1.02. The third kappa shape index (κ3) is 4.24. The lowest BCUT2D eigenvalue weighted by molar-refractivity contribution is 0.255. The summed E-state index contributed by atoms with van der Waals surface area (Å²) in [5, 5.41) is 3.68. The summed E-state index contributed by atoms with van der Waals surface area (Å²) in [5.74, 6) is 0. The topological polar surface area (TPSA) is 15.3 Å². The van der Waals surface area contributed by atoms with Crippen LogP contribution in [0.25, 0.3) is 0 Å². The summed E-state index contributed by atoms with van der Waals surface area (Å²) in [5.41, 5.74) is 2.83. The van der Waals surface area contributed by atoms with Crippen LogP contribution in [0.15, 0.2) is 24.3 Å². The molecule has 0 spiro atoms. The van der Waals surface area contributed by atoms with E-state index >= 15 is 0 Å². The van der Waals surface area contributed by atoms with Gasteiger partial charge in [-0.15, -0.1) is 0 Å². The lowest BCUT2D eigenvalue weighted by atomic mass is 10.1. The van der Waals surface area contributed by atoms with Gasteiger partial charge >= 0.3 is 0 Å².